The number of pyridine rings is 1. The van der Waals surface area contributed by atoms with Crippen LogP contribution in [0, 0.1) is 16.5 Å². The van der Waals surface area contributed by atoms with Crippen molar-refractivity contribution in [2.24, 2.45) is 0 Å². The summed E-state index contributed by atoms with van der Waals surface area (Å²) in [6.45, 7) is 0. The molecule has 0 unspecified atom stereocenters. The zero-order valence-corrected chi connectivity index (χ0v) is 9.11. The zero-order valence-electron chi connectivity index (χ0n) is 9.11. The summed E-state index contributed by atoms with van der Waals surface area (Å²) in [5, 5.41) is 10.8. The predicted octanol–water partition coefficient (Wildman–Crippen LogP) is 2.78. The molecular formula is C13H11N2O2. The van der Waals surface area contributed by atoms with Crippen molar-refractivity contribution in [3.05, 3.63) is 76.5 Å². The number of rotatable bonds is 4. The molecule has 2 rings (SSSR count). The molecule has 0 aliphatic carbocycles. The molecular weight excluding hydrogens is 216 g/mol. The van der Waals surface area contributed by atoms with E-state index in [-0.39, 0.29) is 10.6 Å². The monoisotopic (exact) mass is 227 g/mol. The van der Waals surface area contributed by atoms with Crippen molar-refractivity contribution in [2.75, 3.05) is 0 Å². The van der Waals surface area contributed by atoms with E-state index in [1.165, 1.54) is 6.07 Å². The second-order valence-corrected chi connectivity index (χ2v) is 3.57. The van der Waals surface area contributed by atoms with Gasteiger partial charge in [0, 0.05) is 24.0 Å². The van der Waals surface area contributed by atoms with Gasteiger partial charge in [0.1, 0.15) is 0 Å². The van der Waals surface area contributed by atoms with Gasteiger partial charge in [0.15, 0.2) is 0 Å². The van der Waals surface area contributed by atoms with Crippen molar-refractivity contribution < 1.29 is 4.92 Å². The SMILES string of the molecule is O=[N+]([O-])c1ccccc1C[CH]c1ccncc1. The molecule has 1 aromatic heterocycles. The number of aromatic nitrogens is 1. The van der Waals surface area contributed by atoms with Crippen molar-refractivity contribution >= 4 is 5.69 Å². The summed E-state index contributed by atoms with van der Waals surface area (Å²) in [6, 6.07) is 10.5. The Morgan fingerprint density at radius 1 is 1.18 bits per heavy atom. The number of hydrogen-bond acceptors (Lipinski definition) is 3. The third-order valence-electron chi connectivity index (χ3n) is 2.45. The van der Waals surface area contributed by atoms with E-state index in [1.807, 2.05) is 24.6 Å². The normalized spacial score (nSPS) is 10.1. The highest BCUT2D eigenvalue weighted by molar-refractivity contribution is 5.41. The molecule has 0 spiro atoms. The lowest BCUT2D eigenvalue weighted by Crippen LogP contribution is -1.96. The molecule has 0 saturated carbocycles. The van der Waals surface area contributed by atoms with E-state index in [0.717, 1.165) is 5.56 Å². The van der Waals surface area contributed by atoms with Gasteiger partial charge in [-0.2, -0.15) is 0 Å². The summed E-state index contributed by atoms with van der Waals surface area (Å²) in [6.07, 6.45) is 5.89. The minimum atomic E-state index is -0.351. The largest absolute Gasteiger partial charge is 0.272 e. The first kappa shape index (κ1) is 11.3. The zero-order chi connectivity index (χ0) is 12.1. The van der Waals surface area contributed by atoms with E-state index in [9.17, 15) is 10.1 Å². The summed E-state index contributed by atoms with van der Waals surface area (Å²) in [7, 11) is 0. The Hall–Kier alpha value is -2.23. The maximum atomic E-state index is 10.8. The molecule has 1 aromatic carbocycles. The van der Waals surface area contributed by atoms with Gasteiger partial charge in [-0.3, -0.25) is 15.1 Å². The third-order valence-corrected chi connectivity index (χ3v) is 2.45. The van der Waals surface area contributed by atoms with Crippen LogP contribution in [0.3, 0.4) is 0 Å². The van der Waals surface area contributed by atoms with Crippen molar-refractivity contribution in [1.29, 1.82) is 0 Å². The van der Waals surface area contributed by atoms with E-state index in [4.69, 9.17) is 0 Å². The van der Waals surface area contributed by atoms with Gasteiger partial charge >= 0.3 is 0 Å². The second-order valence-electron chi connectivity index (χ2n) is 3.57. The topological polar surface area (TPSA) is 56.0 Å². The van der Waals surface area contributed by atoms with Crippen LogP contribution in [0.15, 0.2) is 48.8 Å². The van der Waals surface area contributed by atoms with Gasteiger partial charge in [-0.15, -0.1) is 0 Å². The van der Waals surface area contributed by atoms with E-state index in [1.54, 1.807) is 24.5 Å². The summed E-state index contributed by atoms with van der Waals surface area (Å²) in [5.74, 6) is 0. The molecule has 2 aromatic rings. The average Bonchev–Trinajstić information content (AvgIpc) is 2.38. The standard InChI is InChI=1S/C13H11N2O2/c16-15(17)13-4-2-1-3-12(13)6-5-11-7-9-14-10-8-11/h1-5,7-10H,6H2. The molecule has 0 aliphatic heterocycles. The van der Waals surface area contributed by atoms with E-state index in [2.05, 4.69) is 4.98 Å². The Morgan fingerprint density at radius 3 is 2.59 bits per heavy atom. The van der Waals surface area contributed by atoms with E-state index >= 15 is 0 Å². The maximum absolute atomic E-state index is 10.8. The molecule has 1 radical (unpaired) electrons. The van der Waals surface area contributed by atoms with Crippen molar-refractivity contribution in [2.45, 2.75) is 6.42 Å². The fourth-order valence-corrected chi connectivity index (χ4v) is 1.59. The fraction of sp³-hybridized carbons (Fsp3) is 0.0769. The van der Waals surface area contributed by atoms with Crippen LogP contribution in [0.4, 0.5) is 5.69 Å². The first-order valence-corrected chi connectivity index (χ1v) is 5.23. The summed E-state index contributed by atoms with van der Waals surface area (Å²) < 4.78 is 0. The molecule has 17 heavy (non-hydrogen) atoms. The lowest BCUT2D eigenvalue weighted by atomic mass is 10.0. The van der Waals surface area contributed by atoms with Crippen LogP contribution in [0.25, 0.3) is 0 Å². The van der Waals surface area contributed by atoms with Crippen LogP contribution in [0.1, 0.15) is 11.1 Å². The molecule has 0 aliphatic rings. The number of nitrogens with zero attached hydrogens (tertiary/aromatic N) is 2. The highest BCUT2D eigenvalue weighted by atomic mass is 16.6. The highest BCUT2D eigenvalue weighted by Crippen LogP contribution is 2.20. The van der Waals surface area contributed by atoms with Crippen LogP contribution < -0.4 is 0 Å². The Kier molecular flexibility index (Phi) is 3.45. The first-order valence-electron chi connectivity index (χ1n) is 5.23. The first-order chi connectivity index (χ1) is 8.27. The van der Waals surface area contributed by atoms with E-state index in [0.29, 0.717) is 12.0 Å². The van der Waals surface area contributed by atoms with Crippen LogP contribution in [-0.4, -0.2) is 9.91 Å². The molecule has 1 heterocycles. The van der Waals surface area contributed by atoms with Crippen LogP contribution in [0.5, 0.6) is 0 Å². The average molecular weight is 227 g/mol. The minimum absolute atomic E-state index is 0.165. The number of nitro groups is 1. The third kappa shape index (κ3) is 2.87. The fourth-order valence-electron chi connectivity index (χ4n) is 1.59. The van der Waals surface area contributed by atoms with Crippen LogP contribution in [0.2, 0.25) is 0 Å². The molecule has 4 nitrogen and oxygen atoms in total. The Labute approximate surface area is 99.1 Å². The molecule has 0 atom stereocenters. The Bertz CT molecular complexity index is 512. The Balaban J connectivity index is 2.12. The molecule has 0 saturated heterocycles. The van der Waals surface area contributed by atoms with Crippen molar-refractivity contribution in [3.63, 3.8) is 0 Å². The molecule has 4 heteroatoms. The van der Waals surface area contributed by atoms with Crippen molar-refractivity contribution in [1.82, 2.24) is 4.98 Å². The van der Waals surface area contributed by atoms with Gasteiger partial charge in [0.05, 0.1) is 4.92 Å². The summed E-state index contributed by atoms with van der Waals surface area (Å²) in [4.78, 5) is 14.4. The predicted molar refractivity (Wildman–Crippen MR) is 64.4 cm³/mol. The smallest absolute Gasteiger partial charge is 0.265 e. The molecule has 0 N–H and O–H groups in total. The van der Waals surface area contributed by atoms with E-state index < -0.39 is 0 Å². The van der Waals surface area contributed by atoms with Crippen LogP contribution in [-0.2, 0) is 6.42 Å². The molecule has 0 amide bonds. The highest BCUT2D eigenvalue weighted by Gasteiger charge is 2.11. The molecule has 85 valence electrons. The van der Waals surface area contributed by atoms with Gasteiger partial charge in [0.25, 0.3) is 5.69 Å². The van der Waals surface area contributed by atoms with Gasteiger partial charge in [-0.1, -0.05) is 18.2 Å². The van der Waals surface area contributed by atoms with Gasteiger partial charge in [-0.25, -0.2) is 0 Å². The lowest BCUT2D eigenvalue weighted by molar-refractivity contribution is -0.385. The lowest BCUT2D eigenvalue weighted by Gasteiger charge is -2.02. The summed E-state index contributed by atoms with van der Waals surface area (Å²) >= 11 is 0. The second kappa shape index (κ2) is 5.21. The number of para-hydroxylation sites is 1. The summed E-state index contributed by atoms with van der Waals surface area (Å²) in [5.41, 5.74) is 1.89. The number of benzene rings is 1. The maximum Gasteiger partial charge on any atom is 0.272 e. The quantitative estimate of drug-likeness (QED) is 0.596. The van der Waals surface area contributed by atoms with Gasteiger partial charge in [-0.05, 0) is 30.5 Å². The number of nitro benzene ring substituents is 1. The van der Waals surface area contributed by atoms with Gasteiger partial charge in [0.2, 0.25) is 0 Å². The molecule has 0 bridgehead atoms. The minimum Gasteiger partial charge on any atom is -0.265 e. The molecule has 0 fully saturated rings. The van der Waals surface area contributed by atoms with Gasteiger partial charge < -0.3 is 0 Å². The van der Waals surface area contributed by atoms with Crippen LogP contribution >= 0.6 is 0 Å². The number of hydrogen-bond donors (Lipinski definition) is 0. The Morgan fingerprint density at radius 2 is 1.88 bits per heavy atom. The van der Waals surface area contributed by atoms with Crippen molar-refractivity contribution in [3.8, 4) is 0 Å².